The van der Waals surface area contributed by atoms with Crippen LogP contribution in [0.2, 0.25) is 0 Å². The van der Waals surface area contributed by atoms with Crippen LogP contribution >= 0.6 is 0 Å². The van der Waals surface area contributed by atoms with E-state index in [0.717, 1.165) is 23.1 Å². The fourth-order valence-electron chi connectivity index (χ4n) is 1.87. The fourth-order valence-corrected chi connectivity index (χ4v) is 1.87. The summed E-state index contributed by atoms with van der Waals surface area (Å²) in [6, 6.07) is 5.45. The molecule has 7 heteroatoms. The van der Waals surface area contributed by atoms with E-state index >= 15 is 0 Å². The number of anilines is 1. The van der Waals surface area contributed by atoms with Crippen molar-refractivity contribution in [2.75, 3.05) is 11.4 Å². The highest BCUT2D eigenvalue weighted by molar-refractivity contribution is 6.04. The summed E-state index contributed by atoms with van der Waals surface area (Å²) in [7, 11) is 0. The van der Waals surface area contributed by atoms with Crippen molar-refractivity contribution in [3.63, 3.8) is 0 Å². The summed E-state index contributed by atoms with van der Waals surface area (Å²) < 4.78 is 32.3. The molecule has 0 aliphatic heterocycles. The summed E-state index contributed by atoms with van der Waals surface area (Å²) in [4.78, 5) is 24.2. The minimum atomic E-state index is -1.16. The van der Waals surface area contributed by atoms with Crippen molar-refractivity contribution < 1.29 is 27.9 Å². The minimum absolute atomic E-state index is 0.0961. The van der Waals surface area contributed by atoms with E-state index < -0.39 is 29.4 Å². The van der Waals surface area contributed by atoms with E-state index in [4.69, 9.17) is 9.52 Å². The number of halogens is 2. The number of benzene rings is 1. The molecule has 0 bridgehead atoms. The van der Waals surface area contributed by atoms with Crippen molar-refractivity contribution in [1.29, 1.82) is 0 Å². The molecule has 1 atom stereocenters. The quantitative estimate of drug-likeness (QED) is 0.922. The number of carboxylic acids is 1. The summed E-state index contributed by atoms with van der Waals surface area (Å²) in [5, 5.41) is 8.98. The van der Waals surface area contributed by atoms with Crippen LogP contribution in [0, 0.1) is 17.6 Å². The van der Waals surface area contributed by atoms with Crippen molar-refractivity contribution in [2.45, 2.75) is 6.92 Å². The highest BCUT2D eigenvalue weighted by Gasteiger charge is 2.27. The Morgan fingerprint density at radius 2 is 2.05 bits per heavy atom. The SMILES string of the molecule is CC(CN(C(=O)c1ccco1)c1cc(F)ccc1F)C(=O)O. The molecule has 1 amide bonds. The second kappa shape index (κ2) is 6.38. The Bertz CT molecular complexity index is 685. The summed E-state index contributed by atoms with van der Waals surface area (Å²) in [6.45, 7) is 1.04. The normalized spacial score (nSPS) is 12.0. The first kappa shape index (κ1) is 15.7. The summed E-state index contributed by atoms with van der Waals surface area (Å²) in [6.07, 6.45) is 1.26. The average molecular weight is 309 g/mol. The van der Waals surface area contributed by atoms with Crippen LogP contribution in [0.4, 0.5) is 14.5 Å². The molecule has 0 radical (unpaired) electrons. The third-order valence-corrected chi connectivity index (χ3v) is 3.05. The molecule has 116 valence electrons. The van der Waals surface area contributed by atoms with Crippen molar-refractivity contribution in [1.82, 2.24) is 0 Å². The molecular weight excluding hydrogens is 296 g/mol. The Morgan fingerprint density at radius 1 is 1.32 bits per heavy atom. The Labute approximate surface area is 124 Å². The van der Waals surface area contributed by atoms with E-state index in [1.165, 1.54) is 25.3 Å². The Balaban J connectivity index is 2.43. The average Bonchev–Trinajstić information content (AvgIpc) is 3.00. The van der Waals surface area contributed by atoms with Crippen LogP contribution in [0.1, 0.15) is 17.5 Å². The monoisotopic (exact) mass is 309 g/mol. The van der Waals surface area contributed by atoms with Crippen LogP contribution in [-0.4, -0.2) is 23.5 Å². The Hall–Kier alpha value is -2.70. The van der Waals surface area contributed by atoms with E-state index in [0.29, 0.717) is 0 Å². The lowest BCUT2D eigenvalue weighted by Crippen LogP contribution is -2.37. The maximum atomic E-state index is 13.9. The van der Waals surface area contributed by atoms with Crippen LogP contribution in [-0.2, 0) is 4.79 Å². The zero-order valence-electron chi connectivity index (χ0n) is 11.6. The molecule has 0 aliphatic rings. The molecule has 2 rings (SSSR count). The van der Waals surface area contributed by atoms with Crippen LogP contribution in [0.25, 0.3) is 0 Å². The highest BCUT2D eigenvalue weighted by Crippen LogP contribution is 2.24. The van der Waals surface area contributed by atoms with Gasteiger partial charge in [0.05, 0.1) is 17.9 Å². The van der Waals surface area contributed by atoms with Crippen LogP contribution in [0.15, 0.2) is 41.0 Å². The fraction of sp³-hybridized carbons (Fsp3) is 0.200. The number of carbonyl (C=O) groups is 2. The molecule has 2 aromatic rings. The van der Waals surface area contributed by atoms with Crippen molar-refractivity contribution in [3.05, 3.63) is 54.0 Å². The van der Waals surface area contributed by atoms with E-state index in [9.17, 15) is 18.4 Å². The van der Waals surface area contributed by atoms with Gasteiger partial charge in [0.2, 0.25) is 0 Å². The molecule has 0 aliphatic carbocycles. The third-order valence-electron chi connectivity index (χ3n) is 3.05. The van der Waals surface area contributed by atoms with E-state index in [1.54, 1.807) is 0 Å². The number of amides is 1. The number of carbonyl (C=O) groups excluding carboxylic acids is 1. The van der Waals surface area contributed by atoms with E-state index in [1.807, 2.05) is 0 Å². The predicted octanol–water partition coefficient (Wildman–Crippen LogP) is 2.93. The first-order chi connectivity index (χ1) is 10.4. The van der Waals surface area contributed by atoms with Gasteiger partial charge in [-0.25, -0.2) is 8.78 Å². The van der Waals surface area contributed by atoms with E-state index in [-0.39, 0.29) is 18.0 Å². The first-order valence-corrected chi connectivity index (χ1v) is 6.43. The predicted molar refractivity (Wildman–Crippen MR) is 73.5 cm³/mol. The van der Waals surface area contributed by atoms with Gasteiger partial charge in [0, 0.05) is 12.6 Å². The molecule has 5 nitrogen and oxygen atoms in total. The molecule has 0 saturated heterocycles. The van der Waals surface area contributed by atoms with Gasteiger partial charge in [-0.3, -0.25) is 9.59 Å². The molecule has 0 saturated carbocycles. The van der Waals surface area contributed by atoms with Gasteiger partial charge in [0.1, 0.15) is 11.6 Å². The molecule has 0 spiro atoms. The maximum absolute atomic E-state index is 13.9. The zero-order valence-corrected chi connectivity index (χ0v) is 11.6. The molecule has 1 aromatic carbocycles. The van der Waals surface area contributed by atoms with Gasteiger partial charge in [-0.1, -0.05) is 6.92 Å². The zero-order chi connectivity index (χ0) is 16.3. The van der Waals surface area contributed by atoms with Crippen LogP contribution < -0.4 is 4.90 Å². The lowest BCUT2D eigenvalue weighted by molar-refractivity contribution is -0.140. The number of nitrogens with zero attached hydrogens (tertiary/aromatic N) is 1. The van der Waals surface area contributed by atoms with Gasteiger partial charge in [0.25, 0.3) is 5.91 Å². The number of rotatable bonds is 5. The van der Waals surface area contributed by atoms with E-state index in [2.05, 4.69) is 0 Å². The van der Waals surface area contributed by atoms with Gasteiger partial charge in [-0.15, -0.1) is 0 Å². The minimum Gasteiger partial charge on any atom is -0.481 e. The Morgan fingerprint density at radius 3 is 2.64 bits per heavy atom. The molecule has 22 heavy (non-hydrogen) atoms. The smallest absolute Gasteiger partial charge is 0.308 e. The van der Waals surface area contributed by atoms with Crippen LogP contribution in [0.3, 0.4) is 0 Å². The largest absolute Gasteiger partial charge is 0.481 e. The van der Waals surface area contributed by atoms with Gasteiger partial charge < -0.3 is 14.4 Å². The number of furan rings is 1. The Kier molecular flexibility index (Phi) is 4.55. The van der Waals surface area contributed by atoms with Crippen molar-refractivity contribution >= 4 is 17.6 Å². The topological polar surface area (TPSA) is 70.8 Å². The molecule has 1 heterocycles. The second-order valence-corrected chi connectivity index (χ2v) is 4.73. The van der Waals surface area contributed by atoms with Crippen molar-refractivity contribution in [2.24, 2.45) is 5.92 Å². The first-order valence-electron chi connectivity index (χ1n) is 6.43. The number of aliphatic carboxylic acids is 1. The number of carboxylic acid groups (broad SMARTS) is 1. The van der Waals surface area contributed by atoms with Gasteiger partial charge in [-0.2, -0.15) is 0 Å². The maximum Gasteiger partial charge on any atom is 0.308 e. The van der Waals surface area contributed by atoms with Crippen LogP contribution in [0.5, 0.6) is 0 Å². The summed E-state index contributed by atoms with van der Waals surface area (Å²) in [5.41, 5.74) is -0.338. The standard InChI is InChI=1S/C15H13F2NO4/c1-9(15(20)21)8-18(14(19)13-3-2-6-22-13)12-7-10(16)4-5-11(12)17/h2-7,9H,8H2,1H3,(H,20,21). The molecular formula is C15H13F2NO4. The molecule has 1 aromatic heterocycles. The summed E-state index contributed by atoms with van der Waals surface area (Å²) >= 11 is 0. The van der Waals surface area contributed by atoms with Gasteiger partial charge in [-0.05, 0) is 24.3 Å². The summed E-state index contributed by atoms with van der Waals surface area (Å²) in [5.74, 6) is -4.55. The third kappa shape index (κ3) is 3.30. The highest BCUT2D eigenvalue weighted by atomic mass is 19.1. The van der Waals surface area contributed by atoms with Crippen molar-refractivity contribution in [3.8, 4) is 0 Å². The molecule has 1 unspecified atom stereocenters. The molecule has 0 fully saturated rings. The molecule has 1 N–H and O–H groups in total. The van der Waals surface area contributed by atoms with Gasteiger partial charge >= 0.3 is 5.97 Å². The second-order valence-electron chi connectivity index (χ2n) is 4.73. The number of hydrogen-bond donors (Lipinski definition) is 1. The lowest BCUT2D eigenvalue weighted by atomic mass is 10.1. The van der Waals surface area contributed by atoms with Gasteiger partial charge in [0.15, 0.2) is 5.76 Å². The number of hydrogen-bond acceptors (Lipinski definition) is 3. The lowest BCUT2D eigenvalue weighted by Gasteiger charge is -2.24.